The fraction of sp³-hybridized carbons (Fsp3) is 0.500. The van der Waals surface area contributed by atoms with E-state index in [4.69, 9.17) is 4.74 Å². The van der Waals surface area contributed by atoms with Crippen molar-refractivity contribution in [2.75, 3.05) is 27.2 Å². The molecule has 1 unspecified atom stereocenters. The second-order valence-corrected chi connectivity index (χ2v) is 7.47. The quantitative estimate of drug-likeness (QED) is 0.916. The highest BCUT2D eigenvalue weighted by atomic mass is 16.5. The Morgan fingerprint density at radius 1 is 1.35 bits per heavy atom. The van der Waals surface area contributed by atoms with Crippen molar-refractivity contribution in [3.05, 3.63) is 52.3 Å². The van der Waals surface area contributed by atoms with Gasteiger partial charge in [-0.3, -0.25) is 9.89 Å². The zero-order chi connectivity index (χ0) is 18.1. The topological polar surface area (TPSA) is 61.5 Å². The van der Waals surface area contributed by atoms with Gasteiger partial charge in [-0.05, 0) is 38.1 Å². The third-order valence-corrected chi connectivity index (χ3v) is 5.28. The van der Waals surface area contributed by atoms with E-state index in [2.05, 4.69) is 53.5 Å². The standard InChI is InChI=1S/C20H26N4O2/c1-23(2)12-14-5-7-15(8-6-14)18-4-3-10-24(18)20(25)19-16-13-26-11-9-17(16)21-22-19/h5-8,18H,3-4,9-13H2,1-2H3,(H,21,22). The van der Waals surface area contributed by atoms with E-state index in [1.807, 2.05) is 4.90 Å². The number of H-pyrrole nitrogens is 1. The first-order valence-electron chi connectivity index (χ1n) is 9.32. The zero-order valence-electron chi connectivity index (χ0n) is 15.5. The maximum Gasteiger partial charge on any atom is 0.275 e. The monoisotopic (exact) mass is 354 g/mol. The van der Waals surface area contributed by atoms with Crippen LogP contribution in [0, 0.1) is 0 Å². The summed E-state index contributed by atoms with van der Waals surface area (Å²) >= 11 is 0. The summed E-state index contributed by atoms with van der Waals surface area (Å²) in [6, 6.07) is 8.80. The van der Waals surface area contributed by atoms with Crippen LogP contribution >= 0.6 is 0 Å². The Morgan fingerprint density at radius 2 is 2.15 bits per heavy atom. The number of likely N-dealkylation sites (tertiary alicyclic amines) is 1. The molecule has 0 spiro atoms. The van der Waals surface area contributed by atoms with E-state index in [9.17, 15) is 4.79 Å². The highest BCUT2D eigenvalue weighted by molar-refractivity contribution is 5.94. The first-order valence-corrected chi connectivity index (χ1v) is 9.32. The van der Waals surface area contributed by atoms with Gasteiger partial charge in [0.05, 0.1) is 19.3 Å². The van der Waals surface area contributed by atoms with Crippen molar-refractivity contribution in [1.29, 1.82) is 0 Å². The minimum Gasteiger partial charge on any atom is -0.376 e. The molecule has 0 radical (unpaired) electrons. The van der Waals surface area contributed by atoms with E-state index < -0.39 is 0 Å². The number of amides is 1. The van der Waals surface area contributed by atoms with E-state index in [0.717, 1.165) is 43.6 Å². The Hall–Kier alpha value is -2.18. The van der Waals surface area contributed by atoms with Gasteiger partial charge in [0.1, 0.15) is 0 Å². The van der Waals surface area contributed by atoms with Crippen LogP contribution in [0.25, 0.3) is 0 Å². The van der Waals surface area contributed by atoms with Crippen LogP contribution in [0.15, 0.2) is 24.3 Å². The van der Waals surface area contributed by atoms with E-state index in [1.165, 1.54) is 11.1 Å². The molecule has 6 nitrogen and oxygen atoms in total. The molecule has 1 aromatic carbocycles. The Balaban J connectivity index is 1.55. The average Bonchev–Trinajstić information content (AvgIpc) is 3.28. The summed E-state index contributed by atoms with van der Waals surface area (Å²) in [5, 5.41) is 7.34. The summed E-state index contributed by atoms with van der Waals surface area (Å²) in [6.07, 6.45) is 2.83. The predicted molar refractivity (Wildman–Crippen MR) is 98.8 cm³/mol. The van der Waals surface area contributed by atoms with Gasteiger partial charge in [0.25, 0.3) is 5.91 Å². The molecule has 138 valence electrons. The number of carbonyl (C=O) groups is 1. The predicted octanol–water partition coefficient (Wildman–Crippen LogP) is 2.52. The van der Waals surface area contributed by atoms with Crippen LogP contribution in [0.3, 0.4) is 0 Å². The van der Waals surface area contributed by atoms with Gasteiger partial charge >= 0.3 is 0 Å². The normalized spacial score (nSPS) is 19.8. The van der Waals surface area contributed by atoms with Gasteiger partial charge in [0.15, 0.2) is 5.69 Å². The number of carbonyl (C=O) groups excluding carboxylic acids is 1. The zero-order valence-corrected chi connectivity index (χ0v) is 15.5. The van der Waals surface area contributed by atoms with Crippen LogP contribution in [0.4, 0.5) is 0 Å². The molecule has 4 rings (SSSR count). The lowest BCUT2D eigenvalue weighted by Gasteiger charge is -2.25. The maximum absolute atomic E-state index is 13.2. The lowest BCUT2D eigenvalue weighted by molar-refractivity contribution is 0.0716. The summed E-state index contributed by atoms with van der Waals surface area (Å²) in [5.74, 6) is 0.0212. The van der Waals surface area contributed by atoms with Crippen LogP contribution in [-0.4, -0.2) is 53.2 Å². The second-order valence-electron chi connectivity index (χ2n) is 7.47. The third kappa shape index (κ3) is 3.27. The molecule has 2 aromatic rings. The number of ether oxygens (including phenoxy) is 1. The van der Waals surface area contributed by atoms with E-state index in [-0.39, 0.29) is 11.9 Å². The van der Waals surface area contributed by atoms with E-state index >= 15 is 0 Å². The van der Waals surface area contributed by atoms with Gasteiger partial charge in [-0.2, -0.15) is 5.10 Å². The number of hydrogen-bond donors (Lipinski definition) is 1. The van der Waals surface area contributed by atoms with Crippen LogP contribution in [0.2, 0.25) is 0 Å². The number of aromatic amines is 1. The van der Waals surface area contributed by atoms with Gasteiger partial charge in [0, 0.05) is 30.8 Å². The highest BCUT2D eigenvalue weighted by Crippen LogP contribution is 2.34. The van der Waals surface area contributed by atoms with E-state index in [1.54, 1.807) is 0 Å². The van der Waals surface area contributed by atoms with Gasteiger partial charge in [0.2, 0.25) is 0 Å². The molecule has 3 heterocycles. The van der Waals surface area contributed by atoms with Crippen molar-refractivity contribution < 1.29 is 9.53 Å². The molecule has 1 saturated heterocycles. The Morgan fingerprint density at radius 3 is 2.92 bits per heavy atom. The molecule has 6 heteroatoms. The number of aromatic nitrogens is 2. The molecule has 1 amide bonds. The molecule has 26 heavy (non-hydrogen) atoms. The molecule has 0 bridgehead atoms. The fourth-order valence-electron chi connectivity index (χ4n) is 3.99. The molecule has 1 aromatic heterocycles. The highest BCUT2D eigenvalue weighted by Gasteiger charge is 2.34. The second kappa shape index (κ2) is 7.21. The number of rotatable bonds is 4. The van der Waals surface area contributed by atoms with Crippen LogP contribution in [0.5, 0.6) is 0 Å². The van der Waals surface area contributed by atoms with E-state index in [0.29, 0.717) is 18.9 Å². The molecule has 1 fully saturated rings. The third-order valence-electron chi connectivity index (χ3n) is 5.28. The van der Waals surface area contributed by atoms with Gasteiger partial charge < -0.3 is 14.5 Å². The van der Waals surface area contributed by atoms with Crippen LogP contribution < -0.4 is 0 Å². The summed E-state index contributed by atoms with van der Waals surface area (Å²) < 4.78 is 5.53. The van der Waals surface area contributed by atoms with Crippen LogP contribution in [-0.2, 0) is 24.3 Å². The van der Waals surface area contributed by atoms with Crippen molar-refractivity contribution in [2.24, 2.45) is 0 Å². The molecule has 1 atom stereocenters. The van der Waals surface area contributed by atoms with Crippen molar-refractivity contribution in [1.82, 2.24) is 20.0 Å². The fourth-order valence-corrected chi connectivity index (χ4v) is 3.99. The largest absolute Gasteiger partial charge is 0.376 e. The van der Waals surface area contributed by atoms with Crippen molar-refractivity contribution in [2.45, 2.75) is 38.5 Å². The molecule has 2 aliphatic rings. The number of nitrogens with zero attached hydrogens (tertiary/aromatic N) is 3. The Bertz CT molecular complexity index is 782. The number of fused-ring (bicyclic) bond motifs is 1. The smallest absolute Gasteiger partial charge is 0.275 e. The summed E-state index contributed by atoms with van der Waals surface area (Å²) in [4.78, 5) is 17.3. The first kappa shape index (κ1) is 17.2. The maximum atomic E-state index is 13.2. The SMILES string of the molecule is CN(C)Cc1ccc(C2CCCN2C(=O)c2n[nH]c3c2COCC3)cc1. The summed E-state index contributed by atoms with van der Waals surface area (Å²) in [5.41, 5.74) is 5.01. The van der Waals surface area contributed by atoms with Crippen molar-refractivity contribution >= 4 is 5.91 Å². The lowest BCUT2D eigenvalue weighted by atomic mass is 10.0. The number of hydrogen-bond acceptors (Lipinski definition) is 4. The molecule has 0 aliphatic carbocycles. The summed E-state index contributed by atoms with van der Waals surface area (Å²) in [7, 11) is 4.14. The molecular weight excluding hydrogens is 328 g/mol. The van der Waals surface area contributed by atoms with Gasteiger partial charge in [-0.25, -0.2) is 0 Å². The van der Waals surface area contributed by atoms with Gasteiger partial charge in [-0.1, -0.05) is 24.3 Å². The molecular formula is C20H26N4O2. The minimum atomic E-state index is 0.0212. The van der Waals surface area contributed by atoms with Crippen molar-refractivity contribution in [3.8, 4) is 0 Å². The van der Waals surface area contributed by atoms with Crippen LogP contribution in [0.1, 0.15) is 51.8 Å². The lowest BCUT2D eigenvalue weighted by Crippen LogP contribution is -2.31. The average molecular weight is 354 g/mol. The number of benzene rings is 1. The Kier molecular flexibility index (Phi) is 4.78. The minimum absolute atomic E-state index is 0.0212. The molecule has 0 saturated carbocycles. The molecule has 1 N–H and O–H groups in total. The van der Waals surface area contributed by atoms with Gasteiger partial charge in [-0.15, -0.1) is 0 Å². The molecule has 2 aliphatic heterocycles. The van der Waals surface area contributed by atoms with Crippen molar-refractivity contribution in [3.63, 3.8) is 0 Å². The summed E-state index contributed by atoms with van der Waals surface area (Å²) in [6.45, 7) is 2.87. The first-order chi connectivity index (χ1) is 12.6. The Labute approximate surface area is 154 Å². The number of nitrogens with one attached hydrogen (secondary N) is 1.